The zero-order valence-electron chi connectivity index (χ0n) is 12.5. The topological polar surface area (TPSA) is 42.0 Å². The number of aromatic nitrogens is 1. The fraction of sp³-hybridized carbons (Fsp3) is 0.333. The number of amides is 1. The van der Waals surface area contributed by atoms with Crippen molar-refractivity contribution in [3.8, 4) is 0 Å². The van der Waals surface area contributed by atoms with E-state index in [1.165, 1.54) is 24.0 Å². The van der Waals surface area contributed by atoms with Crippen molar-refractivity contribution in [1.29, 1.82) is 0 Å². The van der Waals surface area contributed by atoms with Crippen LogP contribution in [0.2, 0.25) is 0 Å². The van der Waals surface area contributed by atoms with Gasteiger partial charge in [0.05, 0.1) is 18.0 Å². The fourth-order valence-corrected chi connectivity index (χ4v) is 4.00. The van der Waals surface area contributed by atoms with Gasteiger partial charge in [-0.05, 0) is 42.5 Å². The van der Waals surface area contributed by atoms with Crippen molar-refractivity contribution in [3.63, 3.8) is 0 Å². The highest BCUT2D eigenvalue weighted by Crippen LogP contribution is 2.39. The molecule has 0 radical (unpaired) electrons. The van der Waals surface area contributed by atoms with Crippen molar-refractivity contribution >= 4 is 17.7 Å². The Morgan fingerprint density at radius 3 is 2.95 bits per heavy atom. The molecule has 22 heavy (non-hydrogen) atoms. The molecule has 0 bridgehead atoms. The first-order valence-corrected chi connectivity index (χ1v) is 8.74. The largest absolute Gasteiger partial charge is 0.350 e. The van der Waals surface area contributed by atoms with E-state index in [0.717, 1.165) is 12.1 Å². The highest BCUT2D eigenvalue weighted by Gasteiger charge is 2.20. The second-order valence-electron chi connectivity index (χ2n) is 5.49. The summed E-state index contributed by atoms with van der Waals surface area (Å²) >= 11 is 1.75. The van der Waals surface area contributed by atoms with E-state index in [4.69, 9.17) is 0 Å². The number of hydrogen-bond acceptors (Lipinski definition) is 3. The molecule has 2 aromatic rings. The molecule has 3 rings (SSSR count). The van der Waals surface area contributed by atoms with Crippen molar-refractivity contribution < 1.29 is 4.79 Å². The lowest BCUT2D eigenvalue weighted by Crippen LogP contribution is -2.25. The molecule has 114 valence electrons. The van der Waals surface area contributed by atoms with Crippen LogP contribution in [0.15, 0.2) is 48.7 Å². The molecule has 0 spiro atoms. The molecule has 0 unspecified atom stereocenters. The molecular formula is C18H20N2OS. The van der Waals surface area contributed by atoms with Crippen LogP contribution in [-0.4, -0.2) is 16.6 Å². The molecule has 1 aromatic heterocycles. The number of nitrogens with one attached hydrogen (secondary N) is 1. The monoisotopic (exact) mass is 312 g/mol. The van der Waals surface area contributed by atoms with Crippen LogP contribution in [0, 0.1) is 0 Å². The number of fused-ring (bicyclic) bond motifs is 1. The number of thioether (sulfide) groups is 1. The first-order chi connectivity index (χ1) is 10.8. The van der Waals surface area contributed by atoms with E-state index in [-0.39, 0.29) is 5.91 Å². The summed E-state index contributed by atoms with van der Waals surface area (Å²) in [6.07, 6.45) is 5.29. The van der Waals surface area contributed by atoms with Gasteiger partial charge in [0, 0.05) is 11.4 Å². The minimum absolute atomic E-state index is 0.0821. The van der Waals surface area contributed by atoms with Crippen LogP contribution in [0.1, 0.15) is 34.9 Å². The Morgan fingerprint density at radius 2 is 2.09 bits per heavy atom. The van der Waals surface area contributed by atoms with E-state index in [9.17, 15) is 4.79 Å². The van der Waals surface area contributed by atoms with E-state index < -0.39 is 0 Å². The maximum atomic E-state index is 12.0. The van der Waals surface area contributed by atoms with Gasteiger partial charge in [-0.25, -0.2) is 0 Å². The van der Waals surface area contributed by atoms with Gasteiger partial charge in [-0.1, -0.05) is 30.3 Å². The van der Waals surface area contributed by atoms with E-state index in [1.807, 2.05) is 18.2 Å². The van der Waals surface area contributed by atoms with Crippen molar-refractivity contribution in [2.75, 3.05) is 5.75 Å². The maximum absolute atomic E-state index is 12.0. The molecule has 1 amide bonds. The molecule has 4 heteroatoms. The van der Waals surface area contributed by atoms with Crippen LogP contribution in [0.25, 0.3) is 0 Å². The normalized spacial score (nSPS) is 16.8. The number of aryl methyl sites for hydroxylation is 1. The van der Waals surface area contributed by atoms with Gasteiger partial charge in [-0.2, -0.15) is 0 Å². The Hall–Kier alpha value is -1.81. The highest BCUT2D eigenvalue weighted by molar-refractivity contribution is 8.00. The lowest BCUT2D eigenvalue weighted by molar-refractivity contribution is -0.118. The number of rotatable bonds is 5. The third-order valence-corrected chi connectivity index (χ3v) is 5.24. The molecule has 0 saturated heterocycles. The first kappa shape index (κ1) is 15.1. The van der Waals surface area contributed by atoms with Crippen LogP contribution in [0.3, 0.4) is 0 Å². The van der Waals surface area contributed by atoms with Crippen LogP contribution < -0.4 is 5.32 Å². The molecule has 1 heterocycles. The number of carbonyl (C=O) groups is 1. The van der Waals surface area contributed by atoms with Gasteiger partial charge < -0.3 is 5.32 Å². The summed E-state index contributed by atoms with van der Waals surface area (Å²) in [7, 11) is 0. The van der Waals surface area contributed by atoms with Gasteiger partial charge in [-0.3, -0.25) is 9.78 Å². The predicted octanol–water partition coefficient (Wildman–Crippen LogP) is 3.51. The van der Waals surface area contributed by atoms with E-state index in [1.54, 1.807) is 18.0 Å². The average molecular weight is 312 g/mol. The van der Waals surface area contributed by atoms with Crippen molar-refractivity contribution in [2.45, 2.75) is 31.1 Å². The third-order valence-electron chi connectivity index (χ3n) is 3.92. The van der Waals surface area contributed by atoms with Crippen LogP contribution in [0.4, 0.5) is 0 Å². The number of carbonyl (C=O) groups excluding carboxylic acids is 1. The number of pyridine rings is 1. The van der Waals surface area contributed by atoms with Gasteiger partial charge in [0.1, 0.15) is 0 Å². The van der Waals surface area contributed by atoms with Crippen molar-refractivity contribution in [2.24, 2.45) is 0 Å². The molecule has 3 nitrogen and oxygen atoms in total. The van der Waals surface area contributed by atoms with E-state index in [0.29, 0.717) is 17.5 Å². The smallest absolute Gasteiger partial charge is 0.230 e. The van der Waals surface area contributed by atoms with Gasteiger partial charge in [-0.15, -0.1) is 11.8 Å². The summed E-state index contributed by atoms with van der Waals surface area (Å²) < 4.78 is 0. The minimum Gasteiger partial charge on any atom is -0.350 e. The lowest BCUT2D eigenvalue weighted by atomic mass is 9.91. The van der Waals surface area contributed by atoms with E-state index >= 15 is 0 Å². The molecule has 0 fully saturated rings. The molecule has 1 N–H and O–H groups in total. The number of hydrogen-bond donors (Lipinski definition) is 1. The fourth-order valence-electron chi connectivity index (χ4n) is 2.80. The second-order valence-corrected chi connectivity index (χ2v) is 6.68. The summed E-state index contributed by atoms with van der Waals surface area (Å²) in [4.78, 5) is 16.2. The van der Waals surface area contributed by atoms with Gasteiger partial charge >= 0.3 is 0 Å². The van der Waals surface area contributed by atoms with Crippen LogP contribution in [-0.2, 0) is 17.8 Å². The quantitative estimate of drug-likeness (QED) is 0.918. The summed E-state index contributed by atoms with van der Waals surface area (Å²) in [5, 5.41) is 3.39. The number of nitrogens with zero attached hydrogens (tertiary/aromatic N) is 1. The second kappa shape index (κ2) is 7.45. The van der Waals surface area contributed by atoms with Gasteiger partial charge in [0.15, 0.2) is 0 Å². The predicted molar refractivity (Wildman–Crippen MR) is 90.7 cm³/mol. The Kier molecular flexibility index (Phi) is 5.11. The van der Waals surface area contributed by atoms with Crippen LogP contribution >= 0.6 is 11.8 Å². The molecule has 0 saturated carbocycles. The Morgan fingerprint density at radius 1 is 1.23 bits per heavy atom. The zero-order chi connectivity index (χ0) is 15.2. The summed E-state index contributed by atoms with van der Waals surface area (Å²) in [5.41, 5.74) is 3.75. The molecule has 1 atom stereocenters. The van der Waals surface area contributed by atoms with Gasteiger partial charge in [0.2, 0.25) is 5.91 Å². The first-order valence-electron chi connectivity index (χ1n) is 7.69. The summed E-state index contributed by atoms with van der Waals surface area (Å²) in [6, 6.07) is 14.3. The molecule has 0 aliphatic heterocycles. The van der Waals surface area contributed by atoms with Gasteiger partial charge in [0.25, 0.3) is 0 Å². The lowest BCUT2D eigenvalue weighted by Gasteiger charge is -2.24. The molecular weight excluding hydrogens is 292 g/mol. The Balaban J connectivity index is 1.50. The SMILES string of the molecule is O=C(CS[C@@H]1CCCc2ccccc21)NCc1ccccn1. The highest BCUT2D eigenvalue weighted by atomic mass is 32.2. The minimum atomic E-state index is 0.0821. The summed E-state index contributed by atoms with van der Waals surface area (Å²) in [5.74, 6) is 0.588. The van der Waals surface area contributed by atoms with Crippen molar-refractivity contribution in [1.82, 2.24) is 10.3 Å². The van der Waals surface area contributed by atoms with Crippen molar-refractivity contribution in [3.05, 3.63) is 65.5 Å². The summed E-state index contributed by atoms with van der Waals surface area (Å²) in [6.45, 7) is 0.501. The van der Waals surface area contributed by atoms with Crippen LogP contribution in [0.5, 0.6) is 0 Å². The third kappa shape index (κ3) is 3.89. The maximum Gasteiger partial charge on any atom is 0.230 e. The average Bonchev–Trinajstić information content (AvgIpc) is 2.59. The van der Waals surface area contributed by atoms with E-state index in [2.05, 4.69) is 34.6 Å². The molecule has 1 aromatic carbocycles. The molecule has 1 aliphatic rings. The Labute approximate surface area is 135 Å². The zero-order valence-corrected chi connectivity index (χ0v) is 13.3. The number of benzene rings is 1. The standard InChI is InChI=1S/C18H20N2OS/c21-18(20-12-15-8-3-4-11-19-15)13-22-17-10-5-7-14-6-1-2-9-16(14)17/h1-4,6,8-9,11,17H,5,7,10,12-13H2,(H,20,21)/t17-/m1/s1. The molecule has 1 aliphatic carbocycles. The Bertz CT molecular complexity index is 630.